The van der Waals surface area contributed by atoms with Crippen LogP contribution in [0.25, 0.3) is 0 Å². The van der Waals surface area contributed by atoms with Crippen LogP contribution in [0.5, 0.6) is 0 Å². The van der Waals surface area contributed by atoms with Gasteiger partial charge in [0.1, 0.15) is 0 Å². The molecule has 3 rings (SSSR count). The van der Waals surface area contributed by atoms with Gasteiger partial charge in [-0.2, -0.15) is 0 Å². The highest BCUT2D eigenvalue weighted by atomic mass is 16.2. The molecule has 2 saturated heterocycles. The lowest BCUT2D eigenvalue weighted by Crippen LogP contribution is -2.54. The van der Waals surface area contributed by atoms with Crippen molar-refractivity contribution in [1.29, 1.82) is 0 Å². The van der Waals surface area contributed by atoms with Gasteiger partial charge in [0.05, 0.1) is 5.92 Å². The lowest BCUT2D eigenvalue weighted by Gasteiger charge is -2.40. The van der Waals surface area contributed by atoms with E-state index in [0.717, 1.165) is 51.7 Å². The molecule has 1 aliphatic carbocycles. The molecule has 4 nitrogen and oxygen atoms in total. The lowest BCUT2D eigenvalue weighted by molar-refractivity contribution is -0.138. The summed E-state index contributed by atoms with van der Waals surface area (Å²) in [7, 11) is 0. The Morgan fingerprint density at radius 2 is 1.75 bits per heavy atom. The smallest absolute Gasteiger partial charge is 0.227 e. The molecule has 20 heavy (non-hydrogen) atoms. The normalized spacial score (nSPS) is 33.5. The minimum Gasteiger partial charge on any atom is -0.340 e. The van der Waals surface area contributed by atoms with E-state index in [1.54, 1.807) is 0 Å². The summed E-state index contributed by atoms with van der Waals surface area (Å²) < 4.78 is 0. The number of rotatable bonds is 2. The maximum absolute atomic E-state index is 12.6. The second-order valence-corrected chi connectivity index (χ2v) is 7.00. The maximum atomic E-state index is 12.6. The minimum absolute atomic E-state index is 0.219. The Morgan fingerprint density at radius 1 is 1.05 bits per heavy atom. The first kappa shape index (κ1) is 14.3. The van der Waals surface area contributed by atoms with E-state index in [1.807, 2.05) is 0 Å². The summed E-state index contributed by atoms with van der Waals surface area (Å²) in [5.74, 6) is 1.25. The zero-order valence-corrected chi connectivity index (χ0v) is 12.8. The first-order chi connectivity index (χ1) is 9.74. The predicted molar refractivity (Wildman–Crippen MR) is 80.5 cm³/mol. The van der Waals surface area contributed by atoms with Crippen molar-refractivity contribution >= 4 is 5.91 Å². The molecule has 1 amide bonds. The Hall–Kier alpha value is -0.610. The zero-order valence-electron chi connectivity index (χ0n) is 12.8. The van der Waals surface area contributed by atoms with Gasteiger partial charge < -0.3 is 10.2 Å². The summed E-state index contributed by atoms with van der Waals surface area (Å²) in [6.07, 6.45) is 6.61. The van der Waals surface area contributed by atoms with E-state index in [9.17, 15) is 4.79 Å². The fourth-order valence-corrected chi connectivity index (χ4v) is 4.18. The molecular weight excluding hydrogens is 250 g/mol. The standard InChI is InChI=1S/C16H29N3O/c1-13-10-14(12-17-11-13)16(20)19-8-6-18(7-9-19)15-4-2-3-5-15/h13-15,17H,2-12H2,1H3. The van der Waals surface area contributed by atoms with E-state index in [1.165, 1.54) is 25.7 Å². The number of hydrogen-bond donors (Lipinski definition) is 1. The third-order valence-electron chi connectivity index (χ3n) is 5.39. The van der Waals surface area contributed by atoms with Crippen molar-refractivity contribution in [3.8, 4) is 0 Å². The summed E-state index contributed by atoms with van der Waals surface area (Å²) in [4.78, 5) is 17.3. The topological polar surface area (TPSA) is 35.6 Å². The number of nitrogens with one attached hydrogen (secondary N) is 1. The molecule has 0 aromatic heterocycles. The number of nitrogens with zero attached hydrogens (tertiary/aromatic N) is 2. The van der Waals surface area contributed by atoms with Crippen LogP contribution in [-0.4, -0.2) is 61.0 Å². The van der Waals surface area contributed by atoms with Crippen LogP contribution in [0.15, 0.2) is 0 Å². The van der Waals surface area contributed by atoms with E-state index in [4.69, 9.17) is 0 Å². The molecule has 1 N–H and O–H groups in total. The summed E-state index contributed by atoms with van der Waals surface area (Å²) in [5, 5.41) is 3.40. The lowest BCUT2D eigenvalue weighted by atomic mass is 9.90. The van der Waals surface area contributed by atoms with Crippen LogP contribution < -0.4 is 5.32 Å². The van der Waals surface area contributed by atoms with Crippen LogP contribution in [-0.2, 0) is 4.79 Å². The quantitative estimate of drug-likeness (QED) is 0.828. The molecule has 2 aliphatic heterocycles. The number of hydrogen-bond acceptors (Lipinski definition) is 3. The van der Waals surface area contributed by atoms with Gasteiger partial charge in [-0.05, 0) is 31.7 Å². The minimum atomic E-state index is 0.219. The van der Waals surface area contributed by atoms with E-state index in [0.29, 0.717) is 11.8 Å². The van der Waals surface area contributed by atoms with E-state index in [-0.39, 0.29) is 5.92 Å². The van der Waals surface area contributed by atoms with E-state index < -0.39 is 0 Å². The molecule has 0 bridgehead atoms. The molecule has 0 radical (unpaired) electrons. The van der Waals surface area contributed by atoms with Crippen molar-refractivity contribution in [2.24, 2.45) is 11.8 Å². The molecule has 4 heteroatoms. The van der Waals surface area contributed by atoms with Gasteiger partial charge in [0.25, 0.3) is 0 Å². The molecule has 2 atom stereocenters. The Labute approximate surface area is 122 Å². The number of amides is 1. The van der Waals surface area contributed by atoms with Gasteiger partial charge in [0, 0.05) is 38.8 Å². The zero-order chi connectivity index (χ0) is 13.9. The van der Waals surface area contributed by atoms with Crippen LogP contribution in [0.2, 0.25) is 0 Å². The molecule has 2 unspecified atom stereocenters. The van der Waals surface area contributed by atoms with Crippen LogP contribution in [0.1, 0.15) is 39.0 Å². The van der Waals surface area contributed by atoms with Crippen molar-refractivity contribution in [1.82, 2.24) is 15.1 Å². The second-order valence-electron chi connectivity index (χ2n) is 7.00. The number of piperazine rings is 1. The second kappa shape index (κ2) is 6.44. The Balaban J connectivity index is 1.48. The summed E-state index contributed by atoms with van der Waals surface area (Å²) in [5.41, 5.74) is 0. The van der Waals surface area contributed by atoms with Gasteiger partial charge in [0.2, 0.25) is 5.91 Å². The average Bonchev–Trinajstić information content (AvgIpc) is 3.01. The molecular formula is C16H29N3O. The van der Waals surface area contributed by atoms with Crippen molar-refractivity contribution < 1.29 is 4.79 Å². The Kier molecular flexibility index (Phi) is 4.61. The molecule has 1 saturated carbocycles. The molecule has 0 aromatic carbocycles. The van der Waals surface area contributed by atoms with Gasteiger partial charge in [-0.25, -0.2) is 0 Å². The Bertz CT molecular complexity index is 333. The van der Waals surface area contributed by atoms with Crippen LogP contribution in [0, 0.1) is 11.8 Å². The van der Waals surface area contributed by atoms with Crippen LogP contribution >= 0.6 is 0 Å². The largest absolute Gasteiger partial charge is 0.340 e. The van der Waals surface area contributed by atoms with Gasteiger partial charge in [-0.3, -0.25) is 9.69 Å². The molecule has 3 aliphatic rings. The fourth-order valence-electron chi connectivity index (χ4n) is 4.18. The van der Waals surface area contributed by atoms with Crippen LogP contribution in [0.4, 0.5) is 0 Å². The molecule has 114 valence electrons. The first-order valence-electron chi connectivity index (χ1n) is 8.47. The monoisotopic (exact) mass is 279 g/mol. The SMILES string of the molecule is CC1CNCC(C(=O)N2CCN(C3CCCC3)CC2)C1. The molecule has 2 heterocycles. The highest BCUT2D eigenvalue weighted by molar-refractivity contribution is 5.79. The van der Waals surface area contributed by atoms with Crippen molar-refractivity contribution in [2.75, 3.05) is 39.3 Å². The van der Waals surface area contributed by atoms with Gasteiger partial charge >= 0.3 is 0 Å². The maximum Gasteiger partial charge on any atom is 0.227 e. The van der Waals surface area contributed by atoms with E-state index >= 15 is 0 Å². The van der Waals surface area contributed by atoms with Crippen LogP contribution in [0.3, 0.4) is 0 Å². The summed E-state index contributed by atoms with van der Waals surface area (Å²) >= 11 is 0. The summed E-state index contributed by atoms with van der Waals surface area (Å²) in [6, 6.07) is 0.809. The van der Waals surface area contributed by atoms with Crippen molar-refractivity contribution in [3.63, 3.8) is 0 Å². The van der Waals surface area contributed by atoms with Gasteiger partial charge in [0.15, 0.2) is 0 Å². The third kappa shape index (κ3) is 3.17. The average molecular weight is 279 g/mol. The fraction of sp³-hybridized carbons (Fsp3) is 0.938. The van der Waals surface area contributed by atoms with Gasteiger partial charge in [-0.1, -0.05) is 19.8 Å². The molecule has 3 fully saturated rings. The van der Waals surface area contributed by atoms with Gasteiger partial charge in [-0.15, -0.1) is 0 Å². The molecule has 0 spiro atoms. The first-order valence-corrected chi connectivity index (χ1v) is 8.47. The molecule has 0 aromatic rings. The van der Waals surface area contributed by atoms with Crippen molar-refractivity contribution in [2.45, 2.75) is 45.1 Å². The van der Waals surface area contributed by atoms with E-state index in [2.05, 4.69) is 22.0 Å². The number of piperidine rings is 1. The highest BCUT2D eigenvalue weighted by Crippen LogP contribution is 2.25. The number of carbonyl (C=O) groups is 1. The third-order valence-corrected chi connectivity index (χ3v) is 5.39. The highest BCUT2D eigenvalue weighted by Gasteiger charge is 2.32. The summed E-state index contributed by atoms with van der Waals surface area (Å²) in [6.45, 7) is 8.26. The number of carbonyl (C=O) groups excluding carboxylic acids is 1. The predicted octanol–water partition coefficient (Wildman–Crippen LogP) is 1.32. The Morgan fingerprint density at radius 3 is 2.40 bits per heavy atom. The van der Waals surface area contributed by atoms with Crippen molar-refractivity contribution in [3.05, 3.63) is 0 Å².